The van der Waals surface area contributed by atoms with Crippen LogP contribution in [0.15, 0.2) is 12.2 Å². The Hall–Kier alpha value is -0.700. The van der Waals surface area contributed by atoms with Crippen molar-refractivity contribution < 1.29 is 0 Å². The van der Waals surface area contributed by atoms with E-state index in [4.69, 9.17) is 0 Å². The molecule has 0 aromatic heterocycles. The van der Waals surface area contributed by atoms with Gasteiger partial charge in [-0.1, -0.05) is 63.9 Å². The third-order valence-electron chi connectivity index (χ3n) is 2.43. The molecule has 0 saturated heterocycles. The minimum absolute atomic E-state index is 1.06. The average Bonchev–Trinajstić information content (AvgIpc) is 2.26. The van der Waals surface area contributed by atoms with E-state index in [0.29, 0.717) is 0 Å². The molecule has 0 nitrogen and oxygen atoms in total. The molecular formula is C15H26. The number of rotatable bonds is 8. The highest BCUT2D eigenvalue weighted by Crippen LogP contribution is 2.02. The molecule has 0 amide bonds. The molecule has 0 saturated carbocycles. The molecule has 0 unspecified atom stereocenters. The van der Waals surface area contributed by atoms with Crippen LogP contribution in [0.5, 0.6) is 0 Å². The molecule has 0 atom stereocenters. The lowest BCUT2D eigenvalue weighted by Gasteiger charge is -1.92. The maximum atomic E-state index is 3.19. The van der Waals surface area contributed by atoms with Gasteiger partial charge < -0.3 is 0 Å². The third kappa shape index (κ3) is 13.3. The van der Waals surface area contributed by atoms with Crippen molar-refractivity contribution in [1.29, 1.82) is 0 Å². The topological polar surface area (TPSA) is 0 Å². The Kier molecular flexibility index (Phi) is 12.7. The first-order valence-corrected chi connectivity index (χ1v) is 6.55. The van der Waals surface area contributed by atoms with E-state index in [1.165, 1.54) is 51.4 Å². The molecule has 0 aliphatic heterocycles. The third-order valence-corrected chi connectivity index (χ3v) is 2.43. The fraction of sp³-hybridized carbons (Fsp3) is 0.733. The van der Waals surface area contributed by atoms with Crippen molar-refractivity contribution >= 4 is 0 Å². The van der Waals surface area contributed by atoms with Crippen molar-refractivity contribution in [2.75, 3.05) is 0 Å². The van der Waals surface area contributed by atoms with Crippen molar-refractivity contribution in [3.8, 4) is 11.8 Å². The lowest BCUT2D eigenvalue weighted by molar-refractivity contribution is 0.674. The van der Waals surface area contributed by atoms with Crippen LogP contribution in [0.2, 0.25) is 0 Å². The van der Waals surface area contributed by atoms with Crippen LogP contribution in [-0.4, -0.2) is 0 Å². The zero-order valence-corrected chi connectivity index (χ0v) is 10.5. The summed E-state index contributed by atoms with van der Waals surface area (Å²) in [6, 6.07) is 0. The fourth-order valence-electron chi connectivity index (χ4n) is 1.43. The second-order valence-electron chi connectivity index (χ2n) is 4.03. The van der Waals surface area contributed by atoms with Gasteiger partial charge in [-0.05, 0) is 25.3 Å². The van der Waals surface area contributed by atoms with Gasteiger partial charge in [0.2, 0.25) is 0 Å². The molecule has 86 valence electrons. The molecule has 0 aromatic carbocycles. The van der Waals surface area contributed by atoms with Crippen LogP contribution in [0.3, 0.4) is 0 Å². The molecule has 0 aromatic rings. The maximum Gasteiger partial charge on any atom is 0.00922 e. The van der Waals surface area contributed by atoms with Crippen LogP contribution in [-0.2, 0) is 0 Å². The van der Waals surface area contributed by atoms with E-state index in [2.05, 4.69) is 31.8 Å². The quantitative estimate of drug-likeness (QED) is 0.383. The van der Waals surface area contributed by atoms with E-state index in [1.807, 2.05) is 6.08 Å². The van der Waals surface area contributed by atoms with E-state index in [1.54, 1.807) is 0 Å². The standard InChI is InChI=1S/C15H26/c1-3-5-7-9-11-13-15-14-12-10-8-6-4-2/h13,15H,3-11H2,1-2H3/b15-13+. The van der Waals surface area contributed by atoms with Gasteiger partial charge in [0, 0.05) is 6.42 Å². The highest BCUT2D eigenvalue weighted by molar-refractivity contribution is 5.14. The molecular weight excluding hydrogens is 180 g/mol. The summed E-state index contributed by atoms with van der Waals surface area (Å²) in [5.74, 6) is 6.29. The van der Waals surface area contributed by atoms with E-state index < -0.39 is 0 Å². The Labute approximate surface area is 96.2 Å². The molecule has 0 N–H and O–H groups in total. The Bertz CT molecular complexity index is 190. The minimum atomic E-state index is 1.06. The molecule has 0 heterocycles. The molecule has 0 radical (unpaired) electrons. The van der Waals surface area contributed by atoms with Gasteiger partial charge in [-0.2, -0.15) is 0 Å². The first-order chi connectivity index (χ1) is 7.41. The van der Waals surface area contributed by atoms with Crippen LogP contribution in [0, 0.1) is 11.8 Å². The van der Waals surface area contributed by atoms with E-state index in [0.717, 1.165) is 6.42 Å². The molecule has 0 spiro atoms. The van der Waals surface area contributed by atoms with Crippen molar-refractivity contribution in [2.45, 2.75) is 71.6 Å². The molecule has 0 rings (SSSR count). The summed E-state index contributed by atoms with van der Waals surface area (Å²) in [5, 5.41) is 0. The average molecular weight is 206 g/mol. The lowest BCUT2D eigenvalue weighted by atomic mass is 10.1. The van der Waals surface area contributed by atoms with Crippen molar-refractivity contribution in [2.24, 2.45) is 0 Å². The summed E-state index contributed by atoms with van der Waals surface area (Å²) in [5.41, 5.74) is 0. The maximum absolute atomic E-state index is 3.19. The number of hydrogen-bond donors (Lipinski definition) is 0. The van der Waals surface area contributed by atoms with Gasteiger partial charge in [-0.3, -0.25) is 0 Å². The zero-order valence-electron chi connectivity index (χ0n) is 10.5. The van der Waals surface area contributed by atoms with E-state index in [-0.39, 0.29) is 0 Å². The van der Waals surface area contributed by atoms with E-state index >= 15 is 0 Å². The van der Waals surface area contributed by atoms with Gasteiger partial charge in [-0.25, -0.2) is 0 Å². The van der Waals surface area contributed by atoms with Gasteiger partial charge >= 0.3 is 0 Å². The first-order valence-electron chi connectivity index (χ1n) is 6.55. The van der Waals surface area contributed by atoms with Gasteiger partial charge in [-0.15, -0.1) is 0 Å². The summed E-state index contributed by atoms with van der Waals surface area (Å²) in [6.07, 6.45) is 15.7. The van der Waals surface area contributed by atoms with Crippen LogP contribution in [0.25, 0.3) is 0 Å². The van der Waals surface area contributed by atoms with Crippen LogP contribution in [0.1, 0.15) is 71.6 Å². The molecule has 0 heteroatoms. The van der Waals surface area contributed by atoms with Gasteiger partial charge in [0.25, 0.3) is 0 Å². The van der Waals surface area contributed by atoms with Gasteiger partial charge in [0.15, 0.2) is 0 Å². The predicted octanol–water partition coefficient (Wildman–Crippen LogP) is 5.10. The van der Waals surface area contributed by atoms with E-state index in [9.17, 15) is 0 Å². The second-order valence-corrected chi connectivity index (χ2v) is 4.03. The summed E-state index contributed by atoms with van der Waals surface area (Å²) in [7, 11) is 0. The fourth-order valence-corrected chi connectivity index (χ4v) is 1.43. The highest BCUT2D eigenvalue weighted by atomic mass is 13.9. The van der Waals surface area contributed by atoms with Crippen molar-refractivity contribution in [3.63, 3.8) is 0 Å². The summed E-state index contributed by atoms with van der Waals surface area (Å²) in [6.45, 7) is 4.47. The van der Waals surface area contributed by atoms with Crippen LogP contribution < -0.4 is 0 Å². The largest absolute Gasteiger partial charge is 0.0985 e. The second kappa shape index (κ2) is 13.3. The van der Waals surface area contributed by atoms with Crippen LogP contribution in [0.4, 0.5) is 0 Å². The van der Waals surface area contributed by atoms with Crippen molar-refractivity contribution in [3.05, 3.63) is 12.2 Å². The Morgan fingerprint density at radius 3 is 2.33 bits per heavy atom. The zero-order chi connectivity index (χ0) is 11.2. The Balaban J connectivity index is 3.21. The molecule has 0 bridgehead atoms. The predicted molar refractivity (Wildman–Crippen MR) is 69.8 cm³/mol. The lowest BCUT2D eigenvalue weighted by Crippen LogP contribution is -1.73. The first kappa shape index (κ1) is 14.3. The van der Waals surface area contributed by atoms with Gasteiger partial charge in [0.05, 0.1) is 0 Å². The monoisotopic (exact) mass is 206 g/mol. The molecule has 0 fully saturated rings. The normalized spacial score (nSPS) is 10.3. The Morgan fingerprint density at radius 2 is 1.60 bits per heavy atom. The Morgan fingerprint density at radius 1 is 0.867 bits per heavy atom. The van der Waals surface area contributed by atoms with Gasteiger partial charge in [0.1, 0.15) is 0 Å². The highest BCUT2D eigenvalue weighted by Gasteiger charge is 1.83. The molecule has 15 heavy (non-hydrogen) atoms. The summed E-state index contributed by atoms with van der Waals surface area (Å²) in [4.78, 5) is 0. The number of unbranched alkanes of at least 4 members (excludes halogenated alkanes) is 7. The SMILES string of the molecule is CCCCCC#C/C=C/CCCCCC. The number of hydrogen-bond acceptors (Lipinski definition) is 0. The van der Waals surface area contributed by atoms with Crippen LogP contribution >= 0.6 is 0 Å². The summed E-state index contributed by atoms with van der Waals surface area (Å²) >= 11 is 0. The smallest absolute Gasteiger partial charge is 0.00922 e. The van der Waals surface area contributed by atoms with Crippen molar-refractivity contribution in [1.82, 2.24) is 0 Å². The summed E-state index contributed by atoms with van der Waals surface area (Å²) < 4.78 is 0. The molecule has 0 aliphatic carbocycles. The number of allylic oxidation sites excluding steroid dienone is 2. The minimum Gasteiger partial charge on any atom is -0.0985 e. The molecule has 0 aliphatic rings.